The quantitative estimate of drug-likeness (QED) is 0.892. The molecule has 98 valence electrons. The standard InChI is InChI=1S/C15H21NO2/c1-12(14(17)18)16-10-6-9-15(2,11-16)13-7-4-3-5-8-13/h3-5,7-8,12H,6,9-11H2,1-2H3,(H,17,18)/t12-,15+/m1/s1. The van der Waals surface area contributed by atoms with Crippen LogP contribution in [0.1, 0.15) is 32.3 Å². The smallest absolute Gasteiger partial charge is 0.320 e. The van der Waals surface area contributed by atoms with Gasteiger partial charge >= 0.3 is 5.97 Å². The van der Waals surface area contributed by atoms with Gasteiger partial charge in [0.2, 0.25) is 0 Å². The molecule has 1 heterocycles. The van der Waals surface area contributed by atoms with E-state index < -0.39 is 12.0 Å². The van der Waals surface area contributed by atoms with Gasteiger partial charge in [-0.2, -0.15) is 0 Å². The number of piperidine rings is 1. The number of rotatable bonds is 3. The van der Waals surface area contributed by atoms with Crippen LogP contribution in [0.5, 0.6) is 0 Å². The molecule has 1 saturated heterocycles. The first-order valence-corrected chi connectivity index (χ1v) is 6.55. The van der Waals surface area contributed by atoms with Crippen LogP contribution >= 0.6 is 0 Å². The Morgan fingerprint density at radius 3 is 2.67 bits per heavy atom. The van der Waals surface area contributed by atoms with Crippen molar-refractivity contribution in [3.63, 3.8) is 0 Å². The number of hydrogen-bond donors (Lipinski definition) is 1. The van der Waals surface area contributed by atoms with Crippen LogP contribution in [0.3, 0.4) is 0 Å². The highest BCUT2D eigenvalue weighted by Gasteiger charge is 2.35. The molecule has 18 heavy (non-hydrogen) atoms. The van der Waals surface area contributed by atoms with E-state index in [0.717, 1.165) is 25.9 Å². The lowest BCUT2D eigenvalue weighted by Crippen LogP contribution is -2.50. The molecule has 3 heteroatoms. The average molecular weight is 247 g/mol. The van der Waals surface area contributed by atoms with E-state index in [-0.39, 0.29) is 5.41 Å². The molecule has 1 aromatic rings. The molecule has 1 fully saturated rings. The summed E-state index contributed by atoms with van der Waals surface area (Å²) < 4.78 is 0. The number of carbonyl (C=O) groups is 1. The molecule has 0 radical (unpaired) electrons. The fourth-order valence-corrected chi connectivity index (χ4v) is 2.84. The minimum Gasteiger partial charge on any atom is -0.480 e. The van der Waals surface area contributed by atoms with Gasteiger partial charge in [0.05, 0.1) is 0 Å². The molecular formula is C15H21NO2. The van der Waals surface area contributed by atoms with E-state index in [0.29, 0.717) is 0 Å². The zero-order valence-electron chi connectivity index (χ0n) is 11.1. The van der Waals surface area contributed by atoms with Gasteiger partial charge < -0.3 is 5.11 Å². The van der Waals surface area contributed by atoms with Crippen molar-refractivity contribution >= 4 is 5.97 Å². The van der Waals surface area contributed by atoms with Crippen LogP contribution in [0, 0.1) is 0 Å². The molecule has 0 amide bonds. The van der Waals surface area contributed by atoms with Crippen molar-refractivity contribution in [1.82, 2.24) is 4.90 Å². The largest absolute Gasteiger partial charge is 0.480 e. The van der Waals surface area contributed by atoms with Gasteiger partial charge in [0.25, 0.3) is 0 Å². The molecule has 0 bridgehead atoms. The lowest BCUT2D eigenvalue weighted by atomic mass is 9.75. The molecule has 0 aliphatic carbocycles. The van der Waals surface area contributed by atoms with Crippen LogP contribution < -0.4 is 0 Å². The Bertz CT molecular complexity index is 418. The molecular weight excluding hydrogens is 226 g/mol. The summed E-state index contributed by atoms with van der Waals surface area (Å²) in [4.78, 5) is 13.2. The van der Waals surface area contributed by atoms with Gasteiger partial charge in [-0.15, -0.1) is 0 Å². The fourth-order valence-electron chi connectivity index (χ4n) is 2.84. The van der Waals surface area contributed by atoms with E-state index in [9.17, 15) is 4.79 Å². The number of likely N-dealkylation sites (tertiary alicyclic amines) is 1. The van der Waals surface area contributed by atoms with E-state index in [1.165, 1.54) is 5.56 Å². The Morgan fingerprint density at radius 1 is 1.39 bits per heavy atom. The first-order valence-electron chi connectivity index (χ1n) is 6.55. The van der Waals surface area contributed by atoms with Crippen LogP contribution in [-0.2, 0) is 10.2 Å². The topological polar surface area (TPSA) is 40.5 Å². The maximum absolute atomic E-state index is 11.1. The molecule has 2 atom stereocenters. The molecule has 1 N–H and O–H groups in total. The summed E-state index contributed by atoms with van der Waals surface area (Å²) in [6, 6.07) is 10.0. The summed E-state index contributed by atoms with van der Waals surface area (Å²) in [5, 5.41) is 9.13. The van der Waals surface area contributed by atoms with Crippen molar-refractivity contribution in [3.8, 4) is 0 Å². The van der Waals surface area contributed by atoms with Gasteiger partial charge in [-0.05, 0) is 31.9 Å². The number of carboxylic acid groups (broad SMARTS) is 1. The van der Waals surface area contributed by atoms with Crippen molar-refractivity contribution < 1.29 is 9.90 Å². The summed E-state index contributed by atoms with van der Waals surface area (Å²) in [5.41, 5.74) is 1.38. The third-order valence-corrected chi connectivity index (χ3v) is 4.10. The first kappa shape index (κ1) is 13.1. The normalized spacial score (nSPS) is 26.8. The molecule has 0 saturated carbocycles. The minimum atomic E-state index is -0.729. The van der Waals surface area contributed by atoms with Gasteiger partial charge in [-0.1, -0.05) is 37.3 Å². The summed E-state index contributed by atoms with van der Waals surface area (Å²) in [7, 11) is 0. The second kappa shape index (κ2) is 5.11. The van der Waals surface area contributed by atoms with Gasteiger partial charge in [-0.3, -0.25) is 9.69 Å². The number of nitrogens with zero attached hydrogens (tertiary/aromatic N) is 1. The first-order chi connectivity index (χ1) is 8.53. The van der Waals surface area contributed by atoms with Crippen LogP contribution in [-0.4, -0.2) is 35.1 Å². The van der Waals surface area contributed by atoms with Gasteiger partial charge in [0.1, 0.15) is 6.04 Å². The van der Waals surface area contributed by atoms with E-state index >= 15 is 0 Å². The SMILES string of the molecule is C[C@H](C(=O)O)N1CCC[C@](C)(c2ccccc2)C1. The number of aliphatic carboxylic acids is 1. The summed E-state index contributed by atoms with van der Waals surface area (Å²) in [5.74, 6) is -0.729. The molecule has 2 rings (SSSR count). The molecule has 0 spiro atoms. The van der Waals surface area contributed by atoms with Crippen molar-refractivity contribution in [2.75, 3.05) is 13.1 Å². The molecule has 1 aliphatic rings. The number of benzene rings is 1. The van der Waals surface area contributed by atoms with Crippen LogP contribution in [0.2, 0.25) is 0 Å². The summed E-state index contributed by atoms with van der Waals surface area (Å²) >= 11 is 0. The lowest BCUT2D eigenvalue weighted by Gasteiger charge is -2.42. The Hall–Kier alpha value is -1.35. The molecule has 0 unspecified atom stereocenters. The summed E-state index contributed by atoms with van der Waals surface area (Å²) in [6.07, 6.45) is 2.18. The lowest BCUT2D eigenvalue weighted by molar-refractivity contribution is -0.143. The highest BCUT2D eigenvalue weighted by atomic mass is 16.4. The minimum absolute atomic E-state index is 0.0726. The summed E-state index contributed by atoms with van der Waals surface area (Å²) in [6.45, 7) is 5.72. The van der Waals surface area contributed by atoms with Gasteiger partial charge in [-0.25, -0.2) is 0 Å². The molecule has 1 aliphatic heterocycles. The third-order valence-electron chi connectivity index (χ3n) is 4.10. The maximum atomic E-state index is 11.1. The van der Waals surface area contributed by atoms with Crippen molar-refractivity contribution in [1.29, 1.82) is 0 Å². The third kappa shape index (κ3) is 2.56. The predicted molar refractivity (Wildman–Crippen MR) is 71.7 cm³/mol. The van der Waals surface area contributed by atoms with E-state index in [1.807, 2.05) is 6.07 Å². The Morgan fingerprint density at radius 2 is 2.06 bits per heavy atom. The molecule has 1 aromatic carbocycles. The maximum Gasteiger partial charge on any atom is 0.320 e. The van der Waals surface area contributed by atoms with Crippen LogP contribution in [0.4, 0.5) is 0 Å². The van der Waals surface area contributed by atoms with Crippen LogP contribution in [0.15, 0.2) is 30.3 Å². The number of hydrogen-bond acceptors (Lipinski definition) is 2. The molecule has 3 nitrogen and oxygen atoms in total. The van der Waals surface area contributed by atoms with E-state index in [1.54, 1.807) is 6.92 Å². The predicted octanol–water partition coefficient (Wildman–Crippen LogP) is 2.51. The van der Waals surface area contributed by atoms with Crippen molar-refractivity contribution in [2.45, 2.75) is 38.1 Å². The Labute approximate surface area is 108 Å². The van der Waals surface area contributed by atoms with Crippen molar-refractivity contribution in [3.05, 3.63) is 35.9 Å². The average Bonchev–Trinajstić information content (AvgIpc) is 2.39. The van der Waals surface area contributed by atoms with E-state index in [2.05, 4.69) is 36.1 Å². The Kier molecular flexibility index (Phi) is 3.71. The van der Waals surface area contributed by atoms with Gasteiger partial charge in [0, 0.05) is 12.0 Å². The number of carboxylic acids is 1. The second-order valence-corrected chi connectivity index (χ2v) is 5.51. The highest BCUT2D eigenvalue weighted by Crippen LogP contribution is 2.34. The van der Waals surface area contributed by atoms with Crippen LogP contribution in [0.25, 0.3) is 0 Å². The zero-order chi connectivity index (χ0) is 13.2. The molecule has 0 aromatic heterocycles. The fraction of sp³-hybridized carbons (Fsp3) is 0.533. The monoisotopic (exact) mass is 247 g/mol. The second-order valence-electron chi connectivity index (χ2n) is 5.51. The Balaban J connectivity index is 2.17. The van der Waals surface area contributed by atoms with Gasteiger partial charge in [0.15, 0.2) is 0 Å². The zero-order valence-corrected chi connectivity index (χ0v) is 11.1. The van der Waals surface area contributed by atoms with E-state index in [4.69, 9.17) is 5.11 Å². The highest BCUT2D eigenvalue weighted by molar-refractivity contribution is 5.72. The van der Waals surface area contributed by atoms with Crippen molar-refractivity contribution in [2.24, 2.45) is 0 Å².